The number of aryl methyl sites for hydroxylation is 1. The average Bonchev–Trinajstić information content (AvgIpc) is 3.36. The van der Waals surface area contributed by atoms with E-state index in [1.54, 1.807) is 11.8 Å². The maximum absolute atomic E-state index is 12.6. The molecule has 0 fully saturated rings. The van der Waals surface area contributed by atoms with Gasteiger partial charge in [0.25, 0.3) is 0 Å². The lowest BCUT2D eigenvalue weighted by Crippen LogP contribution is -2.16. The molecule has 160 valence electrons. The highest BCUT2D eigenvalue weighted by Gasteiger charge is 2.16. The van der Waals surface area contributed by atoms with Gasteiger partial charge in [-0.2, -0.15) is 9.78 Å². The van der Waals surface area contributed by atoms with Crippen molar-refractivity contribution in [2.75, 3.05) is 24.8 Å². The molecule has 0 bridgehead atoms. The number of aromatic nitrogens is 3. The van der Waals surface area contributed by atoms with Crippen LogP contribution in [0.5, 0.6) is 11.5 Å². The van der Waals surface area contributed by atoms with Crippen LogP contribution in [-0.2, 0) is 4.79 Å². The van der Waals surface area contributed by atoms with Crippen LogP contribution in [0.25, 0.3) is 15.3 Å². The van der Waals surface area contributed by atoms with Crippen LogP contribution in [0.3, 0.4) is 0 Å². The molecule has 0 atom stereocenters. The van der Waals surface area contributed by atoms with Crippen LogP contribution in [0.4, 0.5) is 5.82 Å². The van der Waals surface area contributed by atoms with Gasteiger partial charge in [-0.3, -0.25) is 4.79 Å². The van der Waals surface area contributed by atoms with Gasteiger partial charge in [0.15, 0.2) is 0 Å². The molecular formula is C22H22N4O3S2. The normalized spacial score (nSPS) is 10.9. The van der Waals surface area contributed by atoms with Crippen LogP contribution in [0.1, 0.15) is 12.6 Å². The van der Waals surface area contributed by atoms with E-state index in [-0.39, 0.29) is 11.7 Å². The molecule has 0 aliphatic heterocycles. The minimum absolute atomic E-state index is 0.113. The number of carbonyl (C=O) groups is 1. The Kier molecular flexibility index (Phi) is 6.43. The lowest BCUT2D eigenvalue weighted by Gasteiger charge is -2.07. The number of para-hydroxylation sites is 1. The van der Waals surface area contributed by atoms with Crippen LogP contribution >= 0.6 is 23.1 Å². The third-order valence-electron chi connectivity index (χ3n) is 4.38. The second kappa shape index (κ2) is 9.40. The fourth-order valence-corrected chi connectivity index (χ4v) is 4.66. The fraction of sp³-hybridized carbons (Fsp3) is 0.227. The van der Waals surface area contributed by atoms with E-state index >= 15 is 0 Å². The number of anilines is 1. The van der Waals surface area contributed by atoms with Gasteiger partial charge >= 0.3 is 0 Å². The molecule has 0 unspecified atom stereocenters. The average molecular weight is 455 g/mol. The standard InChI is InChI=1S/C22H22N4O3S2/c1-4-29-17-6-5-7-18-21(17)24-22(31-18)26-19(12-14(2)25-26)23-20(27)13-30-16-10-8-15(28-3)9-11-16/h5-12H,4,13H2,1-3H3,(H,23,27). The number of thioether (sulfide) groups is 1. The molecule has 0 aliphatic rings. The zero-order chi connectivity index (χ0) is 21.8. The zero-order valence-electron chi connectivity index (χ0n) is 17.4. The second-order valence-electron chi connectivity index (χ2n) is 6.63. The summed E-state index contributed by atoms with van der Waals surface area (Å²) in [5.41, 5.74) is 1.59. The quantitative estimate of drug-likeness (QED) is 0.381. The Hall–Kier alpha value is -3.04. The number of carbonyl (C=O) groups excluding carboxylic acids is 1. The lowest BCUT2D eigenvalue weighted by molar-refractivity contribution is -0.113. The number of hydrogen-bond acceptors (Lipinski definition) is 7. The molecule has 0 radical (unpaired) electrons. The Morgan fingerprint density at radius 3 is 2.77 bits per heavy atom. The Labute approximate surface area is 188 Å². The van der Waals surface area contributed by atoms with Gasteiger partial charge in [-0.1, -0.05) is 17.4 Å². The van der Waals surface area contributed by atoms with Crippen molar-refractivity contribution in [3.63, 3.8) is 0 Å². The van der Waals surface area contributed by atoms with E-state index in [1.165, 1.54) is 23.1 Å². The number of methoxy groups -OCH3 is 1. The molecular weight excluding hydrogens is 432 g/mol. The molecule has 0 aliphatic carbocycles. The number of nitrogens with zero attached hydrogens (tertiary/aromatic N) is 3. The topological polar surface area (TPSA) is 78.3 Å². The number of amides is 1. The van der Waals surface area contributed by atoms with E-state index in [0.29, 0.717) is 17.6 Å². The van der Waals surface area contributed by atoms with E-state index in [9.17, 15) is 4.79 Å². The van der Waals surface area contributed by atoms with E-state index < -0.39 is 0 Å². The number of hydrogen-bond donors (Lipinski definition) is 1. The van der Waals surface area contributed by atoms with E-state index in [1.807, 2.05) is 62.4 Å². The summed E-state index contributed by atoms with van der Waals surface area (Å²) in [6.45, 7) is 4.40. The van der Waals surface area contributed by atoms with Crippen LogP contribution in [0.15, 0.2) is 53.4 Å². The minimum atomic E-state index is -0.113. The van der Waals surface area contributed by atoms with Crippen LogP contribution in [0, 0.1) is 6.92 Å². The molecule has 0 spiro atoms. The van der Waals surface area contributed by atoms with Crippen molar-refractivity contribution >= 4 is 45.0 Å². The van der Waals surface area contributed by atoms with Gasteiger partial charge < -0.3 is 14.8 Å². The summed E-state index contributed by atoms with van der Waals surface area (Å²) in [4.78, 5) is 18.3. The van der Waals surface area contributed by atoms with Crippen molar-refractivity contribution in [2.45, 2.75) is 18.7 Å². The molecule has 2 aromatic heterocycles. The van der Waals surface area contributed by atoms with Crippen molar-refractivity contribution in [3.05, 3.63) is 54.2 Å². The number of rotatable bonds is 8. The predicted octanol–water partition coefficient (Wildman–Crippen LogP) is 4.93. The predicted molar refractivity (Wildman–Crippen MR) is 125 cm³/mol. The van der Waals surface area contributed by atoms with Crippen molar-refractivity contribution in [2.24, 2.45) is 0 Å². The van der Waals surface area contributed by atoms with Gasteiger partial charge in [0.1, 0.15) is 22.8 Å². The van der Waals surface area contributed by atoms with Crippen LogP contribution in [-0.4, -0.2) is 40.1 Å². The van der Waals surface area contributed by atoms with Crippen LogP contribution < -0.4 is 14.8 Å². The molecule has 31 heavy (non-hydrogen) atoms. The zero-order valence-corrected chi connectivity index (χ0v) is 19.0. The summed E-state index contributed by atoms with van der Waals surface area (Å²) in [6.07, 6.45) is 0. The first-order valence-electron chi connectivity index (χ1n) is 9.73. The van der Waals surface area contributed by atoms with Crippen molar-refractivity contribution in [3.8, 4) is 16.6 Å². The monoisotopic (exact) mass is 454 g/mol. The smallest absolute Gasteiger partial charge is 0.235 e. The van der Waals surface area contributed by atoms with Gasteiger partial charge in [0.2, 0.25) is 11.0 Å². The number of benzene rings is 2. The van der Waals surface area contributed by atoms with Crippen LogP contribution in [0.2, 0.25) is 0 Å². The molecule has 9 heteroatoms. The van der Waals surface area contributed by atoms with Crippen molar-refractivity contribution in [1.82, 2.24) is 14.8 Å². The summed E-state index contributed by atoms with van der Waals surface area (Å²) in [5.74, 6) is 2.29. The maximum atomic E-state index is 12.6. The number of nitrogens with one attached hydrogen (secondary N) is 1. The molecule has 2 heterocycles. The molecule has 0 saturated carbocycles. The largest absolute Gasteiger partial charge is 0.497 e. The highest BCUT2D eigenvalue weighted by atomic mass is 32.2. The third kappa shape index (κ3) is 4.83. The molecule has 7 nitrogen and oxygen atoms in total. The van der Waals surface area contributed by atoms with E-state index in [0.717, 1.165) is 32.3 Å². The Morgan fingerprint density at radius 2 is 2.03 bits per heavy atom. The Bertz CT molecular complexity index is 1200. The van der Waals surface area contributed by atoms with E-state index in [4.69, 9.17) is 14.5 Å². The third-order valence-corrected chi connectivity index (χ3v) is 6.39. The van der Waals surface area contributed by atoms with Gasteiger partial charge in [-0.25, -0.2) is 4.98 Å². The summed E-state index contributed by atoms with van der Waals surface area (Å²) in [7, 11) is 1.63. The van der Waals surface area contributed by atoms with Gasteiger partial charge in [0.05, 0.1) is 29.9 Å². The molecule has 0 saturated heterocycles. The van der Waals surface area contributed by atoms with Gasteiger partial charge in [0, 0.05) is 11.0 Å². The van der Waals surface area contributed by atoms with Gasteiger partial charge in [-0.15, -0.1) is 11.8 Å². The SMILES string of the molecule is CCOc1cccc2sc(-n3nc(C)cc3NC(=O)CSc3ccc(OC)cc3)nc12. The minimum Gasteiger partial charge on any atom is -0.497 e. The Balaban J connectivity index is 1.51. The summed E-state index contributed by atoms with van der Waals surface area (Å²) >= 11 is 2.96. The first kappa shape index (κ1) is 21.2. The summed E-state index contributed by atoms with van der Waals surface area (Å²) < 4.78 is 13.5. The first-order valence-corrected chi connectivity index (χ1v) is 11.5. The van der Waals surface area contributed by atoms with Crippen molar-refractivity contribution < 1.29 is 14.3 Å². The second-order valence-corrected chi connectivity index (χ2v) is 8.69. The lowest BCUT2D eigenvalue weighted by atomic mass is 10.3. The summed E-state index contributed by atoms with van der Waals surface area (Å²) in [5, 5.41) is 8.16. The number of ether oxygens (including phenoxy) is 2. The molecule has 1 N–H and O–H groups in total. The molecule has 2 aromatic carbocycles. The highest BCUT2D eigenvalue weighted by molar-refractivity contribution is 8.00. The number of thiazole rings is 1. The Morgan fingerprint density at radius 1 is 1.23 bits per heavy atom. The maximum Gasteiger partial charge on any atom is 0.235 e. The van der Waals surface area contributed by atoms with Gasteiger partial charge in [-0.05, 0) is 50.2 Å². The highest BCUT2D eigenvalue weighted by Crippen LogP contribution is 2.32. The first-order chi connectivity index (χ1) is 15.1. The van der Waals surface area contributed by atoms with Crippen molar-refractivity contribution in [1.29, 1.82) is 0 Å². The fourth-order valence-electron chi connectivity index (χ4n) is 3.01. The summed E-state index contributed by atoms with van der Waals surface area (Å²) in [6, 6.07) is 15.3. The molecule has 4 rings (SSSR count). The van der Waals surface area contributed by atoms with E-state index in [2.05, 4.69) is 10.4 Å². The molecule has 4 aromatic rings. The molecule has 1 amide bonds. The number of fused-ring (bicyclic) bond motifs is 1.